The highest BCUT2D eigenvalue weighted by Crippen LogP contribution is 2.36. The van der Waals surface area contributed by atoms with Gasteiger partial charge in [0.05, 0.1) is 17.1 Å². The van der Waals surface area contributed by atoms with Crippen molar-refractivity contribution in [3.05, 3.63) is 59.0 Å². The van der Waals surface area contributed by atoms with Gasteiger partial charge in [-0.3, -0.25) is 4.79 Å². The molecule has 1 N–H and O–H groups in total. The number of aromatic carboxylic acids is 1. The lowest BCUT2D eigenvalue weighted by Gasteiger charge is -2.18. The van der Waals surface area contributed by atoms with Crippen LogP contribution in [0.25, 0.3) is 10.9 Å². The molecule has 0 radical (unpaired) electrons. The monoisotopic (exact) mass is 380 g/mol. The van der Waals surface area contributed by atoms with Crippen LogP contribution >= 0.6 is 0 Å². The van der Waals surface area contributed by atoms with Crippen molar-refractivity contribution in [3.8, 4) is 5.75 Å². The van der Waals surface area contributed by atoms with Crippen LogP contribution in [0.3, 0.4) is 0 Å². The Morgan fingerprint density at radius 3 is 2.36 bits per heavy atom. The molecule has 0 aliphatic carbocycles. The highest BCUT2D eigenvalue weighted by Gasteiger charge is 2.29. The first-order chi connectivity index (χ1) is 13.1. The zero-order valence-electron chi connectivity index (χ0n) is 16.7. The molecule has 0 fully saturated rings. The topological polar surface area (TPSA) is 81.4 Å². The Kier molecular flexibility index (Phi) is 4.98. The Labute approximate surface area is 163 Å². The summed E-state index contributed by atoms with van der Waals surface area (Å²) in [4.78, 5) is 28.3. The first kappa shape index (κ1) is 19.6. The molecule has 1 aromatic carbocycles. The zero-order chi connectivity index (χ0) is 20.6. The minimum atomic E-state index is -1.23. The third-order valence-corrected chi connectivity index (χ3v) is 4.82. The van der Waals surface area contributed by atoms with Gasteiger partial charge in [0.25, 0.3) is 0 Å². The molecule has 6 heteroatoms. The van der Waals surface area contributed by atoms with Crippen molar-refractivity contribution in [2.24, 2.45) is 5.41 Å². The van der Waals surface area contributed by atoms with Crippen LogP contribution in [0, 0.1) is 19.3 Å². The first-order valence-corrected chi connectivity index (χ1v) is 9.09. The number of hydrogen-bond acceptors (Lipinski definition) is 4. The van der Waals surface area contributed by atoms with E-state index in [0.29, 0.717) is 11.9 Å². The van der Waals surface area contributed by atoms with Crippen molar-refractivity contribution < 1.29 is 19.4 Å². The lowest BCUT2D eigenvalue weighted by Crippen LogP contribution is -2.26. The molecular formula is C22H24N2O4. The van der Waals surface area contributed by atoms with E-state index in [1.165, 1.54) is 6.20 Å². The molecule has 0 bridgehead atoms. The fourth-order valence-electron chi connectivity index (χ4n) is 3.08. The molecule has 0 unspecified atom stereocenters. The lowest BCUT2D eigenvalue weighted by molar-refractivity contribution is -0.142. The molecule has 146 valence electrons. The fourth-order valence-corrected chi connectivity index (χ4v) is 3.08. The molecule has 0 saturated heterocycles. The maximum atomic E-state index is 12.5. The summed E-state index contributed by atoms with van der Waals surface area (Å²) >= 11 is 0. The van der Waals surface area contributed by atoms with Crippen molar-refractivity contribution in [2.75, 3.05) is 0 Å². The molecular weight excluding hydrogens is 356 g/mol. The number of aryl methyl sites for hydroxylation is 1. The zero-order valence-corrected chi connectivity index (χ0v) is 16.7. The molecule has 3 aromatic rings. The molecule has 3 rings (SSSR count). The predicted octanol–water partition coefficient (Wildman–Crippen LogP) is 4.35. The van der Waals surface area contributed by atoms with Gasteiger partial charge < -0.3 is 14.4 Å². The van der Waals surface area contributed by atoms with Crippen LogP contribution in [0.1, 0.15) is 48.1 Å². The molecule has 0 saturated carbocycles. The number of aromatic nitrogens is 2. The number of ether oxygens (including phenoxy) is 1. The molecule has 0 atom stereocenters. The lowest BCUT2D eigenvalue weighted by atomic mass is 9.97. The summed E-state index contributed by atoms with van der Waals surface area (Å²) < 4.78 is 7.65. The predicted molar refractivity (Wildman–Crippen MR) is 107 cm³/mol. The smallest absolute Gasteiger partial charge is 0.358 e. The molecule has 2 aromatic heterocycles. The maximum absolute atomic E-state index is 12.5. The number of carboxylic acids is 1. The minimum Gasteiger partial charge on any atom is -0.476 e. The van der Waals surface area contributed by atoms with Crippen LogP contribution in [0.5, 0.6) is 5.75 Å². The van der Waals surface area contributed by atoms with Crippen LogP contribution in [0.4, 0.5) is 0 Å². The number of fused-ring (bicyclic) bond motifs is 1. The van der Waals surface area contributed by atoms with E-state index in [1.807, 2.05) is 44.2 Å². The van der Waals surface area contributed by atoms with Crippen LogP contribution in [-0.2, 0) is 11.3 Å². The van der Waals surface area contributed by atoms with Crippen molar-refractivity contribution >= 4 is 22.8 Å². The van der Waals surface area contributed by atoms with Gasteiger partial charge in [-0.1, -0.05) is 30.3 Å². The molecule has 0 amide bonds. The number of benzene rings is 1. The molecule has 2 heterocycles. The molecule has 0 aliphatic rings. The van der Waals surface area contributed by atoms with Crippen LogP contribution in [-0.4, -0.2) is 26.6 Å². The SMILES string of the molecule is Cc1c(C)n(Cc2ccccc2)c2cnc(C(=O)O)c(OC(=O)C(C)(C)C)c12. The quantitative estimate of drug-likeness (QED) is 0.681. The first-order valence-electron chi connectivity index (χ1n) is 9.09. The highest BCUT2D eigenvalue weighted by molar-refractivity contribution is 6.01. The average molecular weight is 380 g/mol. The van der Waals surface area contributed by atoms with Crippen LogP contribution < -0.4 is 4.74 Å². The number of nitrogens with zero attached hydrogens (tertiary/aromatic N) is 2. The standard InChI is InChI=1S/C22H24N2O4/c1-13-14(2)24(12-15-9-7-6-8-10-15)16-11-23-18(20(25)26)19(17(13)16)28-21(27)22(3,4)5/h6-11H,12H2,1-5H3,(H,25,26). The van der Waals surface area contributed by atoms with Gasteiger partial charge in [-0.15, -0.1) is 0 Å². The number of esters is 1. The molecule has 6 nitrogen and oxygen atoms in total. The second kappa shape index (κ2) is 7.11. The Morgan fingerprint density at radius 1 is 1.14 bits per heavy atom. The van der Waals surface area contributed by atoms with Gasteiger partial charge in [0.15, 0.2) is 11.4 Å². The summed E-state index contributed by atoms with van der Waals surface area (Å²) in [5, 5.41) is 10.2. The van der Waals surface area contributed by atoms with Crippen LogP contribution in [0.15, 0.2) is 36.5 Å². The number of carboxylic acid groups (broad SMARTS) is 1. The average Bonchev–Trinajstić information content (AvgIpc) is 2.87. The van der Waals surface area contributed by atoms with Gasteiger partial charge in [-0.25, -0.2) is 9.78 Å². The third-order valence-electron chi connectivity index (χ3n) is 4.82. The van der Waals surface area contributed by atoms with Crippen molar-refractivity contribution in [3.63, 3.8) is 0 Å². The summed E-state index contributed by atoms with van der Waals surface area (Å²) in [5.74, 6) is -1.72. The summed E-state index contributed by atoms with van der Waals surface area (Å²) in [6.07, 6.45) is 1.54. The van der Waals surface area contributed by atoms with Gasteiger partial charge in [-0.2, -0.15) is 0 Å². The number of carbonyl (C=O) groups excluding carboxylic acids is 1. The number of rotatable bonds is 4. The van der Waals surface area contributed by atoms with E-state index in [-0.39, 0.29) is 11.4 Å². The summed E-state index contributed by atoms with van der Waals surface area (Å²) in [6, 6.07) is 9.96. The Balaban J connectivity index is 2.23. The Bertz CT molecular complexity index is 1060. The highest BCUT2D eigenvalue weighted by atomic mass is 16.5. The van der Waals surface area contributed by atoms with E-state index >= 15 is 0 Å². The number of hydrogen-bond donors (Lipinski definition) is 1. The summed E-state index contributed by atoms with van der Waals surface area (Å²) in [5.41, 5.74) is 2.65. The van der Waals surface area contributed by atoms with Crippen LogP contribution in [0.2, 0.25) is 0 Å². The van der Waals surface area contributed by atoms with Gasteiger partial charge in [0, 0.05) is 17.6 Å². The van der Waals surface area contributed by atoms with E-state index in [2.05, 4.69) is 9.55 Å². The van der Waals surface area contributed by atoms with Crippen molar-refractivity contribution in [2.45, 2.75) is 41.2 Å². The van der Waals surface area contributed by atoms with E-state index < -0.39 is 17.4 Å². The third kappa shape index (κ3) is 3.50. The van der Waals surface area contributed by atoms with Gasteiger partial charge in [0.2, 0.25) is 0 Å². The van der Waals surface area contributed by atoms with Gasteiger partial charge >= 0.3 is 11.9 Å². The summed E-state index contributed by atoms with van der Waals surface area (Å²) in [6.45, 7) is 9.65. The Morgan fingerprint density at radius 2 is 1.79 bits per heavy atom. The van der Waals surface area contributed by atoms with E-state index in [9.17, 15) is 14.7 Å². The second-order valence-corrected chi connectivity index (χ2v) is 7.92. The second-order valence-electron chi connectivity index (χ2n) is 7.92. The maximum Gasteiger partial charge on any atom is 0.358 e. The van der Waals surface area contributed by atoms with Gasteiger partial charge in [-0.05, 0) is 45.7 Å². The van der Waals surface area contributed by atoms with Gasteiger partial charge in [0.1, 0.15) is 0 Å². The fraction of sp³-hybridized carbons (Fsp3) is 0.318. The Hall–Kier alpha value is -3.15. The molecule has 0 aliphatic heterocycles. The molecule has 28 heavy (non-hydrogen) atoms. The van der Waals surface area contributed by atoms with E-state index in [1.54, 1.807) is 20.8 Å². The largest absolute Gasteiger partial charge is 0.476 e. The minimum absolute atomic E-state index is 0.0114. The van der Waals surface area contributed by atoms with Crippen molar-refractivity contribution in [1.82, 2.24) is 9.55 Å². The molecule has 0 spiro atoms. The summed E-state index contributed by atoms with van der Waals surface area (Å²) in [7, 11) is 0. The number of pyridine rings is 1. The normalized spacial score (nSPS) is 11.6. The number of carbonyl (C=O) groups is 2. The van der Waals surface area contributed by atoms with E-state index in [4.69, 9.17) is 4.74 Å². The van der Waals surface area contributed by atoms with E-state index in [0.717, 1.165) is 22.3 Å². The van der Waals surface area contributed by atoms with Crippen molar-refractivity contribution in [1.29, 1.82) is 0 Å².